The van der Waals surface area contributed by atoms with Gasteiger partial charge in [-0.05, 0) is 53.9 Å². The molecule has 136 valence electrons. The van der Waals surface area contributed by atoms with Crippen LogP contribution in [-0.2, 0) is 11.2 Å². The van der Waals surface area contributed by atoms with Crippen molar-refractivity contribution in [2.24, 2.45) is 0 Å². The Morgan fingerprint density at radius 3 is 2.00 bits per heavy atom. The van der Waals surface area contributed by atoms with Gasteiger partial charge < -0.3 is 5.11 Å². The molecule has 0 unspecified atom stereocenters. The number of aromatic hydroxyl groups is 1. The normalized spacial score (nSPS) is 15.1. The molecule has 0 fully saturated rings. The molecule has 0 heterocycles. The van der Waals surface area contributed by atoms with E-state index in [9.17, 15) is 9.90 Å². The first-order chi connectivity index (χ1) is 11.6. The van der Waals surface area contributed by atoms with Gasteiger partial charge in [-0.3, -0.25) is 4.79 Å². The molecule has 1 aromatic rings. The zero-order valence-corrected chi connectivity index (χ0v) is 17.1. The summed E-state index contributed by atoms with van der Waals surface area (Å²) in [6.07, 6.45) is 1.56. The summed E-state index contributed by atoms with van der Waals surface area (Å²) in [6, 6.07) is 4.03. The Balaban J connectivity index is 2.20. The number of hydrogen-bond acceptors (Lipinski definition) is 2. The second-order valence-electron chi connectivity index (χ2n) is 7.42. The minimum absolute atomic E-state index is 0.0465. The first kappa shape index (κ1) is 20.1. The maximum absolute atomic E-state index is 12.5. The predicted octanol–water partition coefficient (Wildman–Crippen LogP) is 6.55. The van der Waals surface area contributed by atoms with E-state index >= 15 is 0 Å². The van der Waals surface area contributed by atoms with E-state index in [-0.39, 0.29) is 17.6 Å². The number of allylic oxidation sites excluding steroid dienone is 4. The molecule has 1 aromatic carbocycles. The number of halogens is 2. The monoisotopic (exact) mass is 380 g/mol. The van der Waals surface area contributed by atoms with Gasteiger partial charge in [0.25, 0.3) is 0 Å². The first-order valence-electron chi connectivity index (χ1n) is 8.76. The molecular weight excluding hydrogens is 355 g/mol. The lowest BCUT2D eigenvalue weighted by atomic mass is 9.90. The van der Waals surface area contributed by atoms with Crippen molar-refractivity contribution < 1.29 is 9.90 Å². The summed E-state index contributed by atoms with van der Waals surface area (Å²) in [7, 11) is 0. The van der Waals surface area contributed by atoms with E-state index in [0.717, 1.165) is 22.3 Å². The lowest BCUT2D eigenvalue weighted by molar-refractivity contribution is -0.115. The number of carbonyl (C=O) groups excluding carboxylic acids is 1. The number of benzene rings is 1. The van der Waals surface area contributed by atoms with Crippen LogP contribution >= 0.6 is 23.2 Å². The van der Waals surface area contributed by atoms with Gasteiger partial charge >= 0.3 is 0 Å². The Morgan fingerprint density at radius 2 is 1.60 bits per heavy atom. The average Bonchev–Trinajstić information content (AvgIpc) is 2.80. The molecule has 1 aliphatic carbocycles. The minimum atomic E-state index is 0.0465. The van der Waals surface area contributed by atoms with E-state index < -0.39 is 0 Å². The summed E-state index contributed by atoms with van der Waals surface area (Å²) in [5.74, 6) is 0.884. The van der Waals surface area contributed by atoms with Crippen LogP contribution in [0.25, 0.3) is 0 Å². The van der Waals surface area contributed by atoms with Crippen molar-refractivity contribution in [1.29, 1.82) is 0 Å². The van der Waals surface area contributed by atoms with E-state index in [0.29, 0.717) is 40.6 Å². The maximum Gasteiger partial charge on any atom is 0.161 e. The fourth-order valence-electron chi connectivity index (χ4n) is 3.14. The van der Waals surface area contributed by atoms with Crippen LogP contribution in [0.15, 0.2) is 33.3 Å². The quantitative estimate of drug-likeness (QED) is 0.607. The summed E-state index contributed by atoms with van der Waals surface area (Å²) in [5, 5.41) is 11.4. The van der Waals surface area contributed by atoms with Crippen LogP contribution in [0.3, 0.4) is 0 Å². The number of carbonyl (C=O) groups is 1. The Hall–Kier alpha value is -1.25. The molecule has 0 aliphatic heterocycles. The SMILES string of the molecule is CC1=C(Cl)C(Cl)=C(C(=O)CCc2cc(C(C)C)c(O)c(C(C)C)c2)C1. The molecule has 1 N–H and O–H groups in total. The van der Waals surface area contributed by atoms with Crippen LogP contribution in [0.5, 0.6) is 5.75 Å². The zero-order chi connectivity index (χ0) is 18.9. The predicted molar refractivity (Wildman–Crippen MR) is 106 cm³/mol. The number of ketones is 1. The molecule has 0 atom stereocenters. The molecule has 1 aliphatic rings. The van der Waals surface area contributed by atoms with E-state index in [1.165, 1.54) is 0 Å². The van der Waals surface area contributed by atoms with Gasteiger partial charge in [0.1, 0.15) is 5.75 Å². The topological polar surface area (TPSA) is 37.3 Å². The Kier molecular flexibility index (Phi) is 6.40. The van der Waals surface area contributed by atoms with Crippen LogP contribution in [0.2, 0.25) is 0 Å². The highest BCUT2D eigenvalue weighted by molar-refractivity contribution is 6.46. The van der Waals surface area contributed by atoms with E-state index in [1.54, 1.807) is 0 Å². The van der Waals surface area contributed by atoms with Crippen LogP contribution < -0.4 is 0 Å². The second-order valence-corrected chi connectivity index (χ2v) is 8.18. The molecule has 2 nitrogen and oxygen atoms in total. The molecule has 0 bridgehead atoms. The van der Waals surface area contributed by atoms with E-state index in [4.69, 9.17) is 23.2 Å². The van der Waals surface area contributed by atoms with Crippen molar-refractivity contribution in [1.82, 2.24) is 0 Å². The van der Waals surface area contributed by atoms with Gasteiger partial charge in [-0.2, -0.15) is 0 Å². The fraction of sp³-hybridized carbons (Fsp3) is 0.476. The largest absolute Gasteiger partial charge is 0.507 e. The van der Waals surface area contributed by atoms with E-state index in [1.807, 2.05) is 19.1 Å². The molecular formula is C21H26Cl2O2. The Morgan fingerprint density at radius 1 is 1.08 bits per heavy atom. The molecule has 0 saturated heterocycles. The number of aryl methyl sites for hydroxylation is 1. The van der Waals surface area contributed by atoms with Crippen molar-refractivity contribution in [2.75, 3.05) is 0 Å². The highest BCUT2D eigenvalue weighted by atomic mass is 35.5. The second kappa shape index (κ2) is 7.97. The lowest BCUT2D eigenvalue weighted by Crippen LogP contribution is -2.05. The third-order valence-electron chi connectivity index (χ3n) is 4.72. The zero-order valence-electron chi connectivity index (χ0n) is 15.5. The summed E-state index contributed by atoms with van der Waals surface area (Å²) in [4.78, 5) is 12.5. The summed E-state index contributed by atoms with van der Waals surface area (Å²) in [6.45, 7) is 10.2. The summed E-state index contributed by atoms with van der Waals surface area (Å²) < 4.78 is 0. The highest BCUT2D eigenvalue weighted by Crippen LogP contribution is 2.38. The van der Waals surface area contributed by atoms with Crippen molar-refractivity contribution in [3.8, 4) is 5.75 Å². The Bertz CT molecular complexity index is 726. The van der Waals surface area contributed by atoms with Crippen molar-refractivity contribution in [3.63, 3.8) is 0 Å². The molecule has 0 saturated carbocycles. The lowest BCUT2D eigenvalue weighted by Gasteiger charge is -2.17. The molecule has 0 aromatic heterocycles. The number of phenols is 1. The molecule has 2 rings (SSSR count). The van der Waals surface area contributed by atoms with Crippen molar-refractivity contribution in [3.05, 3.63) is 50.0 Å². The smallest absolute Gasteiger partial charge is 0.161 e. The third-order valence-corrected chi connectivity index (χ3v) is 5.75. The van der Waals surface area contributed by atoms with Gasteiger partial charge in [0.2, 0.25) is 0 Å². The van der Waals surface area contributed by atoms with E-state index in [2.05, 4.69) is 27.7 Å². The molecule has 0 radical (unpaired) electrons. The molecule has 0 spiro atoms. The highest BCUT2D eigenvalue weighted by Gasteiger charge is 2.24. The van der Waals surface area contributed by atoms with Crippen LogP contribution in [0, 0.1) is 0 Å². The number of phenolic OH excluding ortho intramolecular Hbond substituents is 1. The standard InChI is InChI=1S/C21H26Cl2O2/c1-11(2)15-9-14(10-16(12(3)4)21(15)25)6-7-18(24)17-8-13(5)19(22)20(17)23/h9-12,25H,6-8H2,1-5H3. The minimum Gasteiger partial charge on any atom is -0.507 e. The summed E-state index contributed by atoms with van der Waals surface area (Å²) in [5.41, 5.74) is 4.52. The van der Waals surface area contributed by atoms with Crippen molar-refractivity contribution in [2.45, 2.75) is 65.7 Å². The van der Waals surface area contributed by atoms with Crippen LogP contribution in [0.4, 0.5) is 0 Å². The number of hydrogen-bond donors (Lipinski definition) is 1. The molecule has 4 heteroatoms. The van der Waals surface area contributed by atoms with Gasteiger partial charge in [-0.15, -0.1) is 0 Å². The number of rotatable bonds is 6. The van der Waals surface area contributed by atoms with Crippen LogP contribution in [0.1, 0.15) is 76.0 Å². The van der Waals surface area contributed by atoms with Gasteiger partial charge in [-0.25, -0.2) is 0 Å². The number of Topliss-reactive ketones (excluding diaryl/α,β-unsaturated/α-hetero) is 1. The maximum atomic E-state index is 12.5. The Labute approximate surface area is 160 Å². The molecule has 0 amide bonds. The average molecular weight is 381 g/mol. The van der Waals surface area contributed by atoms with Crippen molar-refractivity contribution >= 4 is 29.0 Å². The fourth-order valence-corrected chi connectivity index (χ4v) is 3.65. The van der Waals surface area contributed by atoms with Crippen LogP contribution in [-0.4, -0.2) is 10.9 Å². The van der Waals surface area contributed by atoms with Gasteiger partial charge in [-0.1, -0.05) is 63.0 Å². The van der Waals surface area contributed by atoms with Gasteiger partial charge in [0.15, 0.2) is 5.78 Å². The third kappa shape index (κ3) is 4.30. The van der Waals surface area contributed by atoms with Gasteiger partial charge in [0.05, 0.1) is 10.1 Å². The first-order valence-corrected chi connectivity index (χ1v) is 9.52. The molecule has 25 heavy (non-hydrogen) atoms. The van der Waals surface area contributed by atoms with Gasteiger partial charge in [0, 0.05) is 12.0 Å². The summed E-state index contributed by atoms with van der Waals surface area (Å²) >= 11 is 12.3.